The third kappa shape index (κ3) is 5.76. The first-order valence-corrected chi connectivity index (χ1v) is 8.42. The number of aromatic amines is 1. The number of alkyl halides is 2. The lowest BCUT2D eigenvalue weighted by molar-refractivity contribution is -0.0728. The lowest BCUT2D eigenvalue weighted by atomic mass is 10.1. The second-order valence-electron chi connectivity index (χ2n) is 6.01. The van der Waals surface area contributed by atoms with Gasteiger partial charge in [-0.2, -0.15) is 8.78 Å². The van der Waals surface area contributed by atoms with E-state index >= 15 is 0 Å². The fourth-order valence-electron chi connectivity index (χ4n) is 3.13. The Kier molecular flexibility index (Phi) is 7.46. The van der Waals surface area contributed by atoms with Crippen LogP contribution in [0.4, 0.5) is 8.78 Å². The number of fused-ring (bicyclic) bond motifs is 1. The maximum Gasteiger partial charge on any atom is 0.342 e. The molecule has 1 fully saturated rings. The van der Waals surface area contributed by atoms with Gasteiger partial charge in [0.25, 0.3) is 0 Å². The Morgan fingerprint density at radius 3 is 2.50 bits per heavy atom. The molecule has 0 spiro atoms. The van der Waals surface area contributed by atoms with E-state index in [1.807, 2.05) is 6.07 Å². The van der Waals surface area contributed by atoms with Gasteiger partial charge in [-0.25, -0.2) is 0 Å². The Balaban J connectivity index is 0.000000471. The molecule has 2 heterocycles. The number of aliphatic hydroxyl groups is 1. The number of nitrogens with one attached hydrogen (secondary N) is 1. The molecule has 0 saturated carbocycles. The first-order valence-electron chi connectivity index (χ1n) is 8.42. The van der Waals surface area contributed by atoms with Crippen molar-refractivity contribution in [3.05, 3.63) is 30.0 Å². The summed E-state index contributed by atoms with van der Waals surface area (Å²) in [6.07, 6.45) is 8.81. The van der Waals surface area contributed by atoms with Crippen molar-refractivity contribution in [2.75, 3.05) is 26.7 Å². The minimum atomic E-state index is -3.17. The van der Waals surface area contributed by atoms with E-state index in [0.29, 0.717) is 0 Å². The number of likely N-dealkylation sites (tertiary alicyclic amines) is 1. The van der Waals surface area contributed by atoms with Gasteiger partial charge in [-0.1, -0.05) is 12.8 Å². The van der Waals surface area contributed by atoms with E-state index in [0.717, 1.165) is 12.2 Å². The van der Waals surface area contributed by atoms with Gasteiger partial charge in [-0.15, -0.1) is 0 Å². The Morgan fingerprint density at radius 2 is 1.88 bits per heavy atom. The molecule has 0 amide bonds. The molecule has 6 heteroatoms. The largest absolute Gasteiger partial charge is 0.497 e. The average molecular weight is 340 g/mol. The number of benzene rings is 1. The SMILES string of the molecule is COc1ccc2[nH]cc(CCN3CCCCCC3)c2c1.OC(F)F. The molecule has 24 heavy (non-hydrogen) atoms. The highest BCUT2D eigenvalue weighted by Gasteiger charge is 2.11. The smallest absolute Gasteiger partial charge is 0.342 e. The average Bonchev–Trinajstić information content (AvgIpc) is 2.77. The number of ether oxygens (including phenoxy) is 1. The number of hydrogen-bond donors (Lipinski definition) is 2. The summed E-state index contributed by atoms with van der Waals surface area (Å²) in [6.45, 7) is 0.543. The van der Waals surface area contributed by atoms with Crippen LogP contribution in [0.15, 0.2) is 24.4 Å². The monoisotopic (exact) mass is 340 g/mol. The number of aromatic nitrogens is 1. The van der Waals surface area contributed by atoms with Gasteiger partial charge in [0, 0.05) is 23.6 Å². The van der Waals surface area contributed by atoms with Gasteiger partial charge in [0.15, 0.2) is 0 Å². The number of rotatable bonds is 4. The van der Waals surface area contributed by atoms with E-state index in [2.05, 4.69) is 28.2 Å². The van der Waals surface area contributed by atoms with E-state index in [1.165, 1.54) is 61.8 Å². The summed E-state index contributed by atoms with van der Waals surface area (Å²) < 4.78 is 25.1. The zero-order valence-electron chi connectivity index (χ0n) is 14.1. The second kappa shape index (κ2) is 9.59. The van der Waals surface area contributed by atoms with Crippen molar-refractivity contribution in [1.82, 2.24) is 9.88 Å². The molecule has 4 nitrogen and oxygen atoms in total. The van der Waals surface area contributed by atoms with E-state index in [1.54, 1.807) is 7.11 Å². The van der Waals surface area contributed by atoms with Crippen LogP contribution < -0.4 is 4.74 Å². The van der Waals surface area contributed by atoms with Crippen molar-refractivity contribution in [2.24, 2.45) is 0 Å². The van der Waals surface area contributed by atoms with Crippen molar-refractivity contribution in [3.8, 4) is 5.75 Å². The number of hydrogen-bond acceptors (Lipinski definition) is 3. The van der Waals surface area contributed by atoms with Crippen LogP contribution in [0.2, 0.25) is 0 Å². The molecule has 3 rings (SSSR count). The second-order valence-corrected chi connectivity index (χ2v) is 6.01. The number of halogens is 2. The first-order chi connectivity index (χ1) is 11.6. The molecule has 0 atom stereocenters. The van der Waals surface area contributed by atoms with Crippen LogP contribution in [-0.2, 0) is 6.42 Å². The first kappa shape index (κ1) is 18.7. The Bertz CT molecular complexity index is 605. The molecule has 0 aliphatic carbocycles. The molecule has 1 aromatic carbocycles. The molecule has 1 aliphatic heterocycles. The van der Waals surface area contributed by atoms with Crippen LogP contribution in [0, 0.1) is 0 Å². The zero-order valence-corrected chi connectivity index (χ0v) is 14.1. The molecule has 134 valence electrons. The summed E-state index contributed by atoms with van der Waals surface area (Å²) in [5.41, 5.74) is 2.61. The zero-order chi connectivity index (χ0) is 17.4. The number of aliphatic hydroxyl groups excluding tert-OH is 1. The Morgan fingerprint density at radius 1 is 1.21 bits per heavy atom. The van der Waals surface area contributed by atoms with Crippen molar-refractivity contribution < 1.29 is 18.6 Å². The summed E-state index contributed by atoms with van der Waals surface area (Å²) in [5.74, 6) is 0.938. The summed E-state index contributed by atoms with van der Waals surface area (Å²) in [4.78, 5) is 5.98. The lowest BCUT2D eigenvalue weighted by Crippen LogP contribution is -2.26. The van der Waals surface area contributed by atoms with Gasteiger partial charge < -0.3 is 19.7 Å². The molecule has 0 unspecified atom stereocenters. The molecule has 1 aliphatic rings. The van der Waals surface area contributed by atoms with Gasteiger partial charge >= 0.3 is 6.61 Å². The summed E-state index contributed by atoms with van der Waals surface area (Å²) in [7, 11) is 1.73. The fourth-order valence-corrected chi connectivity index (χ4v) is 3.13. The highest BCUT2D eigenvalue weighted by atomic mass is 19.3. The van der Waals surface area contributed by atoms with E-state index < -0.39 is 6.61 Å². The minimum absolute atomic E-state index is 0.938. The topological polar surface area (TPSA) is 48.5 Å². The van der Waals surface area contributed by atoms with Crippen molar-refractivity contribution in [2.45, 2.75) is 38.7 Å². The van der Waals surface area contributed by atoms with Gasteiger partial charge in [-0.3, -0.25) is 0 Å². The van der Waals surface area contributed by atoms with Crippen molar-refractivity contribution in [1.29, 1.82) is 0 Å². The summed E-state index contributed by atoms with van der Waals surface area (Å²) in [5, 5.41) is 8.03. The summed E-state index contributed by atoms with van der Waals surface area (Å²) in [6, 6.07) is 6.25. The molecule has 0 bridgehead atoms. The highest BCUT2D eigenvalue weighted by Crippen LogP contribution is 2.24. The molecular formula is C18H26F2N2O2. The van der Waals surface area contributed by atoms with Crippen molar-refractivity contribution in [3.63, 3.8) is 0 Å². The van der Waals surface area contributed by atoms with Crippen LogP contribution in [0.25, 0.3) is 10.9 Å². The highest BCUT2D eigenvalue weighted by molar-refractivity contribution is 5.84. The molecule has 1 saturated heterocycles. The third-order valence-corrected chi connectivity index (χ3v) is 4.37. The number of H-pyrrole nitrogens is 1. The predicted molar refractivity (Wildman–Crippen MR) is 91.7 cm³/mol. The molecule has 0 radical (unpaired) electrons. The third-order valence-electron chi connectivity index (χ3n) is 4.37. The summed E-state index contributed by atoms with van der Waals surface area (Å²) >= 11 is 0. The number of methoxy groups -OCH3 is 1. The van der Waals surface area contributed by atoms with Crippen LogP contribution in [0.1, 0.15) is 31.2 Å². The van der Waals surface area contributed by atoms with Crippen molar-refractivity contribution >= 4 is 10.9 Å². The standard InChI is InChI=1S/C17H24N2O.CH2F2O/c1-20-15-6-7-17-16(12-15)14(13-18-17)8-11-19-9-4-2-3-5-10-19;2-1(3)4/h6-7,12-13,18H,2-5,8-11H2,1H3;1,4H. The van der Waals surface area contributed by atoms with Gasteiger partial charge in [0.05, 0.1) is 7.11 Å². The fraction of sp³-hybridized carbons (Fsp3) is 0.556. The Hall–Kier alpha value is -1.66. The van der Waals surface area contributed by atoms with Crippen LogP contribution in [0.5, 0.6) is 5.75 Å². The Labute approximate surface area is 141 Å². The minimum Gasteiger partial charge on any atom is -0.497 e. The van der Waals surface area contributed by atoms with Gasteiger partial charge in [-0.05, 0) is 56.1 Å². The van der Waals surface area contributed by atoms with Crippen LogP contribution in [-0.4, -0.2) is 48.3 Å². The van der Waals surface area contributed by atoms with Gasteiger partial charge in [0.1, 0.15) is 5.75 Å². The quantitative estimate of drug-likeness (QED) is 0.890. The van der Waals surface area contributed by atoms with Gasteiger partial charge in [0.2, 0.25) is 0 Å². The maximum atomic E-state index is 9.89. The predicted octanol–water partition coefficient (Wildman–Crippen LogP) is 3.80. The molecular weight excluding hydrogens is 314 g/mol. The lowest BCUT2D eigenvalue weighted by Gasteiger charge is -2.19. The molecule has 2 N–H and O–H groups in total. The van der Waals surface area contributed by atoms with E-state index in [9.17, 15) is 8.78 Å². The van der Waals surface area contributed by atoms with Crippen LogP contribution in [0.3, 0.4) is 0 Å². The normalized spacial score (nSPS) is 15.9. The molecule has 2 aromatic rings. The molecule has 1 aromatic heterocycles. The van der Waals surface area contributed by atoms with E-state index in [4.69, 9.17) is 9.84 Å². The van der Waals surface area contributed by atoms with Crippen LogP contribution >= 0.6 is 0 Å². The number of nitrogens with zero attached hydrogens (tertiary/aromatic N) is 1. The van der Waals surface area contributed by atoms with E-state index in [-0.39, 0.29) is 0 Å². The maximum absolute atomic E-state index is 9.89.